The molecule has 2 atom stereocenters. The molecule has 0 aliphatic carbocycles. The van der Waals surface area contributed by atoms with E-state index in [4.69, 9.17) is 17.7 Å². The molecule has 0 aromatic heterocycles. The number of piperidine rings is 1. The monoisotopic (exact) mass is 636 g/mol. The van der Waals surface area contributed by atoms with E-state index in [9.17, 15) is 27.6 Å². The lowest BCUT2D eigenvalue weighted by molar-refractivity contribution is -0.142. The van der Waals surface area contributed by atoms with Gasteiger partial charge >= 0.3 is 11.9 Å². The summed E-state index contributed by atoms with van der Waals surface area (Å²) >= 11 is 0. The minimum absolute atomic E-state index is 0.0241. The Balaban J connectivity index is 1.59. The number of rotatable bonds is 9. The molecule has 0 saturated carbocycles. The van der Waals surface area contributed by atoms with Crippen molar-refractivity contribution in [2.24, 2.45) is 5.92 Å². The van der Waals surface area contributed by atoms with E-state index in [1.54, 1.807) is 48.5 Å². The van der Waals surface area contributed by atoms with Crippen LogP contribution in [0, 0.1) is 23.4 Å². The van der Waals surface area contributed by atoms with E-state index in [-0.39, 0.29) is 40.3 Å². The predicted molar refractivity (Wildman–Crippen MR) is 165 cm³/mol. The van der Waals surface area contributed by atoms with Gasteiger partial charge in [-0.25, -0.2) is 22.8 Å². The molecule has 7 nitrogen and oxygen atoms in total. The molecule has 1 saturated heterocycles. The minimum atomic E-state index is -3.19. The standard InChI is InChI=1S/C36H33F3N2O5/c1-40(2)22-28-23-41(33(42)19-26-18-31(38)32(39)21-30(26)37)17-16-36(28,46-35(44)25-12-7-4-8-13-25)27-14-9-15-29(20-27)45-34(43)24-10-5-3-6-11-24/h3-15,18,20-21,28H,16-17,19,22-23H2,1-2H3/t28-,36-/m1/s1/i1D3,2D3. The Morgan fingerprint density at radius 1 is 0.848 bits per heavy atom. The van der Waals surface area contributed by atoms with Gasteiger partial charge in [0.1, 0.15) is 17.2 Å². The molecule has 4 aromatic rings. The summed E-state index contributed by atoms with van der Waals surface area (Å²) in [5.41, 5.74) is -1.71. The SMILES string of the molecule is [2H]C([2H])([2H])N(C[C@@H]1CN(C(=O)Cc2cc(F)c(F)cc2F)CC[C@@]1(OC(=O)c1ccccc1)c1cccc(OC(=O)c2ccccc2)c1)C([2H])([2H])[2H]. The third-order valence-electron chi connectivity index (χ3n) is 7.87. The quantitative estimate of drug-likeness (QED) is 0.127. The zero-order valence-corrected chi connectivity index (χ0v) is 24.4. The largest absolute Gasteiger partial charge is 0.450 e. The first-order valence-electron chi connectivity index (χ1n) is 17.3. The second-order valence-corrected chi connectivity index (χ2v) is 10.9. The molecule has 0 unspecified atom stereocenters. The molecule has 1 aliphatic heterocycles. The summed E-state index contributed by atoms with van der Waals surface area (Å²) in [6, 6.07) is 22.7. The molecule has 1 heterocycles. The van der Waals surface area contributed by atoms with Crippen LogP contribution in [-0.2, 0) is 21.6 Å². The van der Waals surface area contributed by atoms with Gasteiger partial charge in [-0.15, -0.1) is 0 Å². The van der Waals surface area contributed by atoms with Crippen LogP contribution in [0.25, 0.3) is 0 Å². The normalized spacial score (nSPS) is 20.3. The Morgan fingerprint density at radius 3 is 2.17 bits per heavy atom. The first-order chi connectivity index (χ1) is 24.5. The lowest BCUT2D eigenvalue weighted by atomic mass is 9.75. The van der Waals surface area contributed by atoms with Crippen molar-refractivity contribution in [3.8, 4) is 5.75 Å². The van der Waals surface area contributed by atoms with Gasteiger partial charge in [0.15, 0.2) is 11.6 Å². The van der Waals surface area contributed by atoms with Gasteiger partial charge in [0, 0.05) is 51.8 Å². The van der Waals surface area contributed by atoms with Crippen molar-refractivity contribution in [3.63, 3.8) is 0 Å². The molecule has 5 rings (SSSR count). The van der Waals surface area contributed by atoms with Crippen LogP contribution in [0.5, 0.6) is 5.75 Å². The molecule has 4 aromatic carbocycles. The van der Waals surface area contributed by atoms with Crippen LogP contribution in [0.2, 0.25) is 0 Å². The number of hydrogen-bond donors (Lipinski definition) is 0. The molecule has 0 radical (unpaired) electrons. The summed E-state index contributed by atoms with van der Waals surface area (Å²) < 4.78 is 102. The predicted octanol–water partition coefficient (Wildman–Crippen LogP) is 6.03. The van der Waals surface area contributed by atoms with E-state index in [1.165, 1.54) is 41.3 Å². The molecule has 0 N–H and O–H groups in total. The summed E-state index contributed by atoms with van der Waals surface area (Å²) in [5.74, 6) is -7.55. The highest BCUT2D eigenvalue weighted by Crippen LogP contribution is 2.43. The first-order valence-corrected chi connectivity index (χ1v) is 14.3. The topological polar surface area (TPSA) is 76.2 Å². The summed E-state index contributed by atoms with van der Waals surface area (Å²) in [4.78, 5) is 41.8. The Hall–Kier alpha value is -4.96. The Labute approximate surface area is 273 Å². The van der Waals surface area contributed by atoms with Crippen molar-refractivity contribution in [2.45, 2.75) is 18.4 Å². The maximum atomic E-state index is 14.6. The van der Waals surface area contributed by atoms with Gasteiger partial charge in [0.2, 0.25) is 5.91 Å². The number of benzene rings is 4. The van der Waals surface area contributed by atoms with Crippen LogP contribution in [0.4, 0.5) is 13.2 Å². The molecule has 1 fully saturated rings. The van der Waals surface area contributed by atoms with Crippen LogP contribution in [0.1, 0.15) is 46.5 Å². The van der Waals surface area contributed by atoms with Crippen LogP contribution in [-0.4, -0.2) is 61.2 Å². The number of nitrogens with zero attached hydrogens (tertiary/aromatic N) is 2. The third-order valence-corrected chi connectivity index (χ3v) is 7.87. The molecular weight excluding hydrogens is 597 g/mol. The summed E-state index contributed by atoms with van der Waals surface area (Å²) in [6.45, 7) is -7.74. The van der Waals surface area contributed by atoms with Gasteiger partial charge in [0.25, 0.3) is 0 Å². The highest BCUT2D eigenvalue weighted by molar-refractivity contribution is 5.91. The fraction of sp³-hybridized carbons (Fsp3) is 0.250. The highest BCUT2D eigenvalue weighted by atomic mass is 19.2. The van der Waals surface area contributed by atoms with Crippen molar-refractivity contribution < 1.29 is 45.3 Å². The molecule has 1 aliphatic rings. The number of carbonyl (C=O) groups excluding carboxylic acids is 3. The lowest BCUT2D eigenvalue weighted by Crippen LogP contribution is -2.56. The second-order valence-electron chi connectivity index (χ2n) is 10.9. The lowest BCUT2D eigenvalue weighted by Gasteiger charge is -2.48. The maximum absolute atomic E-state index is 14.6. The second kappa shape index (κ2) is 14.0. The molecule has 0 spiro atoms. The molecule has 10 heteroatoms. The number of ether oxygens (including phenoxy) is 2. The van der Waals surface area contributed by atoms with E-state index in [2.05, 4.69) is 0 Å². The van der Waals surface area contributed by atoms with E-state index in [0.717, 1.165) is 0 Å². The van der Waals surface area contributed by atoms with Gasteiger partial charge in [-0.2, -0.15) is 0 Å². The maximum Gasteiger partial charge on any atom is 0.343 e. The van der Waals surface area contributed by atoms with Crippen molar-refractivity contribution in [3.05, 3.63) is 137 Å². The summed E-state index contributed by atoms with van der Waals surface area (Å²) in [5, 5.41) is 0. The number of amides is 1. The van der Waals surface area contributed by atoms with Crippen molar-refractivity contribution in [2.75, 3.05) is 33.6 Å². The highest BCUT2D eigenvalue weighted by Gasteiger charge is 2.49. The zero-order chi connectivity index (χ0) is 37.8. The molecule has 238 valence electrons. The molecular formula is C36H33F3N2O5. The fourth-order valence-electron chi connectivity index (χ4n) is 5.57. The van der Waals surface area contributed by atoms with E-state index >= 15 is 0 Å². The summed E-state index contributed by atoms with van der Waals surface area (Å²) in [7, 11) is 0. The van der Waals surface area contributed by atoms with Crippen LogP contribution in [0.3, 0.4) is 0 Å². The van der Waals surface area contributed by atoms with Crippen molar-refractivity contribution >= 4 is 17.8 Å². The Kier molecular flexibility index (Phi) is 7.68. The number of carbonyl (C=O) groups is 3. The Morgan fingerprint density at radius 2 is 1.50 bits per heavy atom. The number of hydrogen-bond acceptors (Lipinski definition) is 6. The Bertz CT molecular complexity index is 1920. The number of halogens is 3. The van der Waals surface area contributed by atoms with Crippen molar-refractivity contribution in [1.29, 1.82) is 0 Å². The molecule has 0 bridgehead atoms. The average Bonchev–Trinajstić information content (AvgIpc) is 3.09. The van der Waals surface area contributed by atoms with Gasteiger partial charge in [-0.3, -0.25) is 4.79 Å². The number of esters is 2. The van der Waals surface area contributed by atoms with E-state index in [0.29, 0.717) is 12.1 Å². The van der Waals surface area contributed by atoms with E-state index < -0.39 is 85.8 Å². The smallest absolute Gasteiger partial charge is 0.343 e. The average molecular weight is 637 g/mol. The van der Waals surface area contributed by atoms with Gasteiger partial charge in [-0.05, 0) is 62.0 Å². The minimum Gasteiger partial charge on any atom is -0.450 e. The van der Waals surface area contributed by atoms with Gasteiger partial charge in [0.05, 0.1) is 17.5 Å². The van der Waals surface area contributed by atoms with Crippen LogP contribution >= 0.6 is 0 Å². The van der Waals surface area contributed by atoms with Gasteiger partial charge in [-0.1, -0.05) is 48.5 Å². The molecule has 1 amide bonds. The fourth-order valence-corrected chi connectivity index (χ4v) is 5.57. The number of likely N-dealkylation sites (tertiary alicyclic amines) is 1. The van der Waals surface area contributed by atoms with Crippen LogP contribution in [0.15, 0.2) is 97.1 Å². The van der Waals surface area contributed by atoms with Crippen molar-refractivity contribution in [1.82, 2.24) is 9.80 Å². The van der Waals surface area contributed by atoms with Gasteiger partial charge < -0.3 is 19.3 Å². The summed E-state index contributed by atoms with van der Waals surface area (Å²) in [6.07, 6.45) is -0.937. The van der Waals surface area contributed by atoms with Crippen LogP contribution < -0.4 is 4.74 Å². The third kappa shape index (κ3) is 7.29. The first kappa shape index (κ1) is 25.3. The molecule has 46 heavy (non-hydrogen) atoms. The zero-order valence-electron chi connectivity index (χ0n) is 30.4. The van der Waals surface area contributed by atoms with E-state index in [1.807, 2.05) is 0 Å².